The van der Waals surface area contributed by atoms with Gasteiger partial charge in [-0.15, -0.1) is 10.2 Å². The predicted molar refractivity (Wildman–Crippen MR) is 114 cm³/mol. The lowest BCUT2D eigenvalue weighted by Crippen LogP contribution is -2.43. The number of nitrogens with zero attached hydrogens (tertiary/aromatic N) is 6. The summed E-state index contributed by atoms with van der Waals surface area (Å²) in [5, 5.41) is 33.1. The van der Waals surface area contributed by atoms with E-state index in [2.05, 4.69) is 41.2 Å². The standard InChI is InChI=1S/C21H23N9/c1-30-23-11-19(29-30)15-4-5-16(21-17(15)10-22-28-21)18-6-7-20(27-26-18)25-14-8-12-2-3-13(9-14)24-12/h4-7,10-14,24H,2-3,8-9H2,1H3,(H,22,28)(H,25,27). The highest BCUT2D eigenvalue weighted by Gasteiger charge is 2.33. The number of anilines is 1. The fraction of sp³-hybridized carbons (Fsp3) is 0.381. The van der Waals surface area contributed by atoms with Crippen LogP contribution in [0.25, 0.3) is 33.4 Å². The molecule has 0 amide bonds. The van der Waals surface area contributed by atoms with E-state index >= 15 is 0 Å². The van der Waals surface area contributed by atoms with Gasteiger partial charge in [0.05, 0.1) is 23.6 Å². The molecule has 2 saturated heterocycles. The van der Waals surface area contributed by atoms with Gasteiger partial charge in [-0.05, 0) is 43.9 Å². The molecule has 152 valence electrons. The Labute approximate surface area is 173 Å². The molecule has 2 atom stereocenters. The first-order chi connectivity index (χ1) is 14.7. The van der Waals surface area contributed by atoms with E-state index in [0.29, 0.717) is 18.1 Å². The third-order valence-electron chi connectivity index (χ3n) is 6.26. The molecule has 3 N–H and O–H groups in total. The summed E-state index contributed by atoms with van der Waals surface area (Å²) in [5.74, 6) is 0.835. The smallest absolute Gasteiger partial charge is 0.148 e. The van der Waals surface area contributed by atoms with Crippen LogP contribution in [0.1, 0.15) is 25.7 Å². The van der Waals surface area contributed by atoms with Crippen LogP contribution >= 0.6 is 0 Å². The highest BCUT2D eigenvalue weighted by molar-refractivity contribution is 6.01. The largest absolute Gasteiger partial charge is 0.366 e. The summed E-state index contributed by atoms with van der Waals surface area (Å²) in [7, 11) is 1.81. The van der Waals surface area contributed by atoms with Gasteiger partial charge in [-0.1, -0.05) is 6.07 Å². The van der Waals surface area contributed by atoms with Crippen LogP contribution in [0.2, 0.25) is 0 Å². The predicted octanol–water partition coefficient (Wildman–Crippen LogP) is 2.51. The molecule has 4 aromatic rings. The molecule has 3 aromatic heterocycles. The normalized spacial score (nSPS) is 23.2. The van der Waals surface area contributed by atoms with Crippen LogP contribution in [-0.4, -0.2) is 53.5 Å². The number of piperidine rings is 1. The van der Waals surface area contributed by atoms with Crippen LogP contribution in [0, 0.1) is 0 Å². The number of benzene rings is 1. The summed E-state index contributed by atoms with van der Waals surface area (Å²) in [4.78, 5) is 1.56. The fourth-order valence-electron chi connectivity index (χ4n) is 4.88. The van der Waals surface area contributed by atoms with E-state index in [1.165, 1.54) is 12.8 Å². The van der Waals surface area contributed by atoms with Crippen LogP contribution in [0.4, 0.5) is 5.82 Å². The SMILES string of the molecule is Cn1ncc(-c2ccc(-c3ccc(NC4CC5CCC(C4)N5)nn3)c3[nH]ncc23)n1. The minimum atomic E-state index is 0.467. The number of rotatable bonds is 4. The number of aryl methyl sites for hydroxylation is 1. The Hall–Kier alpha value is -3.33. The van der Waals surface area contributed by atoms with Gasteiger partial charge in [0.1, 0.15) is 11.5 Å². The Kier molecular flexibility index (Phi) is 4.02. The molecule has 2 fully saturated rings. The van der Waals surface area contributed by atoms with E-state index in [0.717, 1.165) is 52.1 Å². The summed E-state index contributed by atoms with van der Waals surface area (Å²) in [6.45, 7) is 0. The van der Waals surface area contributed by atoms with Crippen molar-refractivity contribution in [2.45, 2.75) is 43.8 Å². The molecule has 2 aliphatic heterocycles. The van der Waals surface area contributed by atoms with Crippen LogP contribution in [-0.2, 0) is 7.05 Å². The number of hydrogen-bond acceptors (Lipinski definition) is 7. The van der Waals surface area contributed by atoms with Crippen molar-refractivity contribution in [1.29, 1.82) is 0 Å². The molecule has 6 rings (SSSR count). The maximum Gasteiger partial charge on any atom is 0.148 e. The minimum absolute atomic E-state index is 0.467. The monoisotopic (exact) mass is 401 g/mol. The van der Waals surface area contributed by atoms with Gasteiger partial charge < -0.3 is 10.6 Å². The van der Waals surface area contributed by atoms with Crippen LogP contribution in [0.5, 0.6) is 0 Å². The van der Waals surface area contributed by atoms with Crippen molar-refractivity contribution >= 4 is 16.7 Å². The van der Waals surface area contributed by atoms with E-state index in [4.69, 9.17) is 0 Å². The molecular formula is C21H23N9. The molecule has 0 radical (unpaired) electrons. The van der Waals surface area contributed by atoms with Gasteiger partial charge in [0, 0.05) is 41.7 Å². The molecule has 9 nitrogen and oxygen atoms in total. The Bertz CT molecular complexity index is 1180. The van der Waals surface area contributed by atoms with Gasteiger partial charge in [0.15, 0.2) is 0 Å². The fourth-order valence-corrected chi connectivity index (χ4v) is 4.88. The van der Waals surface area contributed by atoms with Gasteiger partial charge in [-0.2, -0.15) is 20.1 Å². The number of fused-ring (bicyclic) bond motifs is 3. The Morgan fingerprint density at radius 1 is 0.967 bits per heavy atom. The van der Waals surface area contributed by atoms with E-state index in [-0.39, 0.29) is 0 Å². The summed E-state index contributed by atoms with van der Waals surface area (Å²) >= 11 is 0. The van der Waals surface area contributed by atoms with E-state index in [1.807, 2.05) is 37.5 Å². The van der Waals surface area contributed by atoms with Gasteiger partial charge in [-0.25, -0.2) is 0 Å². The summed E-state index contributed by atoms with van der Waals surface area (Å²) in [5.41, 5.74) is 4.50. The minimum Gasteiger partial charge on any atom is -0.366 e. The molecule has 2 unspecified atom stereocenters. The lowest BCUT2D eigenvalue weighted by atomic mass is 10.00. The van der Waals surface area contributed by atoms with E-state index in [9.17, 15) is 0 Å². The maximum atomic E-state index is 4.50. The van der Waals surface area contributed by atoms with Crippen molar-refractivity contribution < 1.29 is 0 Å². The van der Waals surface area contributed by atoms with Gasteiger partial charge in [-0.3, -0.25) is 5.10 Å². The number of aromatic nitrogens is 7. The molecule has 2 aliphatic rings. The molecule has 0 aliphatic carbocycles. The average molecular weight is 401 g/mol. The van der Waals surface area contributed by atoms with Crippen molar-refractivity contribution in [3.63, 3.8) is 0 Å². The zero-order valence-electron chi connectivity index (χ0n) is 16.7. The molecule has 1 aromatic carbocycles. The highest BCUT2D eigenvalue weighted by atomic mass is 15.4. The lowest BCUT2D eigenvalue weighted by molar-refractivity contribution is 0.377. The number of nitrogens with one attached hydrogen (secondary N) is 3. The van der Waals surface area contributed by atoms with Crippen molar-refractivity contribution in [2.75, 3.05) is 5.32 Å². The lowest BCUT2D eigenvalue weighted by Gasteiger charge is -2.29. The molecule has 0 saturated carbocycles. The molecule has 2 bridgehead atoms. The second-order valence-corrected chi connectivity index (χ2v) is 8.29. The maximum absolute atomic E-state index is 4.50. The van der Waals surface area contributed by atoms with Crippen molar-refractivity contribution in [2.24, 2.45) is 7.05 Å². The molecule has 0 spiro atoms. The highest BCUT2D eigenvalue weighted by Crippen LogP contribution is 2.33. The van der Waals surface area contributed by atoms with Crippen molar-refractivity contribution in [3.05, 3.63) is 36.7 Å². The van der Waals surface area contributed by atoms with Gasteiger partial charge >= 0.3 is 0 Å². The van der Waals surface area contributed by atoms with Crippen LogP contribution < -0.4 is 10.6 Å². The topological polar surface area (TPSA) is 109 Å². The zero-order chi connectivity index (χ0) is 20.1. The second-order valence-electron chi connectivity index (χ2n) is 8.29. The first kappa shape index (κ1) is 17.5. The number of H-pyrrole nitrogens is 1. The van der Waals surface area contributed by atoms with Crippen molar-refractivity contribution in [3.8, 4) is 22.5 Å². The first-order valence-corrected chi connectivity index (χ1v) is 10.4. The Morgan fingerprint density at radius 3 is 2.53 bits per heavy atom. The van der Waals surface area contributed by atoms with E-state index in [1.54, 1.807) is 11.0 Å². The molecule has 5 heterocycles. The Balaban J connectivity index is 1.27. The quantitative estimate of drug-likeness (QED) is 0.482. The van der Waals surface area contributed by atoms with Gasteiger partial charge in [0.2, 0.25) is 0 Å². The molecule has 30 heavy (non-hydrogen) atoms. The third kappa shape index (κ3) is 3.02. The summed E-state index contributed by atoms with van der Waals surface area (Å²) in [6.07, 6.45) is 8.46. The summed E-state index contributed by atoms with van der Waals surface area (Å²) in [6, 6.07) is 9.87. The summed E-state index contributed by atoms with van der Waals surface area (Å²) < 4.78 is 0. The second kappa shape index (κ2) is 6.88. The Morgan fingerprint density at radius 2 is 1.80 bits per heavy atom. The number of hydrogen-bond donors (Lipinski definition) is 3. The van der Waals surface area contributed by atoms with Crippen LogP contribution in [0.3, 0.4) is 0 Å². The molecule has 9 heteroatoms. The van der Waals surface area contributed by atoms with Crippen LogP contribution in [0.15, 0.2) is 36.7 Å². The number of aromatic amines is 1. The third-order valence-corrected chi connectivity index (χ3v) is 6.26. The van der Waals surface area contributed by atoms with Crippen molar-refractivity contribution in [1.82, 2.24) is 40.7 Å². The van der Waals surface area contributed by atoms with E-state index < -0.39 is 0 Å². The van der Waals surface area contributed by atoms with Gasteiger partial charge in [0.25, 0.3) is 0 Å². The average Bonchev–Trinajstić information content (AvgIpc) is 3.48. The first-order valence-electron chi connectivity index (χ1n) is 10.4. The zero-order valence-corrected chi connectivity index (χ0v) is 16.7. The molecular weight excluding hydrogens is 378 g/mol.